The fourth-order valence-corrected chi connectivity index (χ4v) is 4.51. The summed E-state index contributed by atoms with van der Waals surface area (Å²) >= 11 is 0. The van der Waals surface area contributed by atoms with E-state index in [0.717, 1.165) is 30.1 Å². The van der Waals surface area contributed by atoms with Crippen molar-refractivity contribution in [1.29, 1.82) is 0 Å². The second-order valence-corrected chi connectivity index (χ2v) is 8.24. The third-order valence-electron chi connectivity index (χ3n) is 5.93. The highest BCUT2D eigenvalue weighted by Crippen LogP contribution is 2.28. The number of fused-ring (bicyclic) bond motifs is 1. The van der Waals surface area contributed by atoms with Crippen molar-refractivity contribution in [3.63, 3.8) is 0 Å². The molecule has 0 bridgehead atoms. The van der Waals surface area contributed by atoms with E-state index in [4.69, 9.17) is 0 Å². The molecule has 1 aromatic rings. The molecule has 0 aromatic heterocycles. The predicted octanol–water partition coefficient (Wildman–Crippen LogP) is 0.519. The number of carbonyl (C=O) groups excluding carboxylic acids is 4. The lowest BCUT2D eigenvalue weighted by Crippen LogP contribution is -2.54. The topological polar surface area (TPSA) is 98.8 Å². The van der Waals surface area contributed by atoms with E-state index in [1.165, 1.54) is 12.8 Å². The lowest BCUT2D eigenvalue weighted by molar-refractivity contribution is -0.136. The van der Waals surface area contributed by atoms with Gasteiger partial charge in [0.05, 0.1) is 11.1 Å². The normalized spacial score (nSPS) is 24.8. The van der Waals surface area contributed by atoms with Gasteiger partial charge >= 0.3 is 0 Å². The molecule has 0 saturated carbocycles. The molecule has 2 N–H and O–H groups in total. The third-order valence-corrected chi connectivity index (χ3v) is 5.93. The van der Waals surface area contributed by atoms with Crippen LogP contribution in [0.1, 0.15) is 52.0 Å². The Balaban J connectivity index is 1.46. The minimum absolute atomic E-state index is 0.121. The van der Waals surface area contributed by atoms with E-state index in [9.17, 15) is 19.2 Å². The van der Waals surface area contributed by atoms with Gasteiger partial charge in [-0.05, 0) is 63.0 Å². The molecule has 3 aliphatic rings. The van der Waals surface area contributed by atoms with Crippen molar-refractivity contribution < 1.29 is 19.2 Å². The van der Waals surface area contributed by atoms with Crippen molar-refractivity contribution in [1.82, 2.24) is 20.4 Å². The number of nitrogens with one attached hydrogen (secondary N) is 2. The summed E-state index contributed by atoms with van der Waals surface area (Å²) in [6.45, 7) is 3.77. The van der Waals surface area contributed by atoms with Crippen molar-refractivity contribution in [3.05, 3.63) is 34.9 Å². The summed E-state index contributed by atoms with van der Waals surface area (Å²) in [5.41, 5.74) is 1.62. The Labute approximate surface area is 169 Å². The highest BCUT2D eigenvalue weighted by Gasteiger charge is 2.44. The summed E-state index contributed by atoms with van der Waals surface area (Å²) in [7, 11) is 2.06. The molecule has 154 valence electrons. The number of amides is 4. The number of hydrogen-bond donors (Lipinski definition) is 2. The van der Waals surface area contributed by atoms with Crippen LogP contribution in [0.15, 0.2) is 18.2 Å². The summed E-state index contributed by atoms with van der Waals surface area (Å²) < 4.78 is 0. The zero-order valence-electron chi connectivity index (χ0n) is 16.6. The zero-order valence-corrected chi connectivity index (χ0v) is 16.6. The Morgan fingerprint density at radius 1 is 1.10 bits per heavy atom. The van der Waals surface area contributed by atoms with Crippen LogP contribution in [0.2, 0.25) is 0 Å². The number of nitrogens with zero attached hydrogens (tertiary/aromatic N) is 2. The molecule has 1 aromatic carbocycles. The Hall–Kier alpha value is -2.58. The Morgan fingerprint density at radius 3 is 2.62 bits per heavy atom. The van der Waals surface area contributed by atoms with Crippen molar-refractivity contribution >= 4 is 23.6 Å². The number of imide groups is 2. The fourth-order valence-electron chi connectivity index (χ4n) is 4.51. The molecule has 2 unspecified atom stereocenters. The van der Waals surface area contributed by atoms with E-state index in [2.05, 4.69) is 22.6 Å². The molecule has 2 fully saturated rings. The van der Waals surface area contributed by atoms with Crippen molar-refractivity contribution in [2.45, 2.75) is 38.3 Å². The van der Waals surface area contributed by atoms with E-state index in [1.54, 1.807) is 12.1 Å². The van der Waals surface area contributed by atoms with Crippen LogP contribution in [0.3, 0.4) is 0 Å². The first-order chi connectivity index (χ1) is 13.9. The van der Waals surface area contributed by atoms with Crippen molar-refractivity contribution in [2.24, 2.45) is 5.92 Å². The first-order valence-corrected chi connectivity index (χ1v) is 10.2. The molecule has 3 aliphatic heterocycles. The number of piperidine rings is 2. The zero-order chi connectivity index (χ0) is 20.5. The van der Waals surface area contributed by atoms with E-state index >= 15 is 0 Å². The maximum absolute atomic E-state index is 12.9. The maximum Gasteiger partial charge on any atom is 0.262 e. The van der Waals surface area contributed by atoms with E-state index < -0.39 is 23.8 Å². The van der Waals surface area contributed by atoms with Crippen LogP contribution in [-0.2, 0) is 16.1 Å². The fraction of sp³-hybridized carbons (Fsp3) is 0.524. The molecular weight excluding hydrogens is 372 g/mol. The number of benzene rings is 1. The summed E-state index contributed by atoms with van der Waals surface area (Å²) in [6.07, 6.45) is 2.70. The van der Waals surface area contributed by atoms with Crippen LogP contribution < -0.4 is 10.6 Å². The third kappa shape index (κ3) is 3.95. The van der Waals surface area contributed by atoms with Gasteiger partial charge < -0.3 is 10.2 Å². The van der Waals surface area contributed by atoms with Gasteiger partial charge in [0.25, 0.3) is 11.8 Å². The van der Waals surface area contributed by atoms with E-state index in [-0.39, 0.29) is 18.7 Å². The highest BCUT2D eigenvalue weighted by atomic mass is 16.2. The molecule has 4 amide bonds. The van der Waals surface area contributed by atoms with E-state index in [1.807, 2.05) is 6.07 Å². The average Bonchev–Trinajstić information content (AvgIpc) is 2.93. The molecule has 0 radical (unpaired) electrons. The van der Waals surface area contributed by atoms with Crippen molar-refractivity contribution in [2.75, 3.05) is 26.7 Å². The van der Waals surface area contributed by atoms with Crippen LogP contribution in [0.5, 0.6) is 0 Å². The van der Waals surface area contributed by atoms with Crippen LogP contribution in [0.25, 0.3) is 0 Å². The van der Waals surface area contributed by atoms with Gasteiger partial charge in [-0.15, -0.1) is 0 Å². The Bertz CT molecular complexity index is 862. The molecule has 8 heteroatoms. The minimum Gasteiger partial charge on any atom is -0.316 e. The summed E-state index contributed by atoms with van der Waals surface area (Å²) in [5.74, 6) is -1.26. The summed E-state index contributed by atoms with van der Waals surface area (Å²) in [4.78, 5) is 52.4. The lowest BCUT2D eigenvalue weighted by Gasteiger charge is -2.28. The van der Waals surface area contributed by atoms with E-state index in [0.29, 0.717) is 23.6 Å². The van der Waals surface area contributed by atoms with Gasteiger partial charge in [0.1, 0.15) is 6.04 Å². The van der Waals surface area contributed by atoms with Crippen LogP contribution in [0.4, 0.5) is 0 Å². The monoisotopic (exact) mass is 398 g/mol. The number of carbonyl (C=O) groups is 4. The summed E-state index contributed by atoms with van der Waals surface area (Å²) in [6, 6.07) is 4.38. The SMILES string of the molecule is CN(Cc1ccc2c(c1)C(=O)N(C1CCC(=O)NC1=O)C2=O)CC1CCCNC1. The van der Waals surface area contributed by atoms with Gasteiger partial charge in [-0.2, -0.15) is 0 Å². The van der Waals surface area contributed by atoms with Gasteiger partial charge in [-0.1, -0.05) is 6.07 Å². The molecule has 4 rings (SSSR count). The molecule has 0 aliphatic carbocycles. The van der Waals surface area contributed by atoms with Gasteiger partial charge in [0.2, 0.25) is 11.8 Å². The molecule has 2 saturated heterocycles. The van der Waals surface area contributed by atoms with Gasteiger partial charge in [-0.3, -0.25) is 29.4 Å². The Kier molecular flexibility index (Phi) is 5.47. The van der Waals surface area contributed by atoms with Crippen LogP contribution >= 0.6 is 0 Å². The van der Waals surface area contributed by atoms with Crippen LogP contribution in [-0.4, -0.2) is 66.2 Å². The molecular formula is C21H26N4O4. The second-order valence-electron chi connectivity index (χ2n) is 8.24. The molecule has 29 heavy (non-hydrogen) atoms. The Morgan fingerprint density at radius 2 is 1.90 bits per heavy atom. The standard InChI is InChI=1S/C21H26N4O4/c1-24(12-14-3-2-8-22-10-14)11-13-4-5-15-16(9-13)21(29)25(20(15)28)17-6-7-18(26)23-19(17)27/h4-5,9,14,17,22H,2-3,6-8,10-12H2,1H3,(H,23,26,27). The maximum atomic E-state index is 12.9. The largest absolute Gasteiger partial charge is 0.316 e. The number of rotatable bonds is 5. The minimum atomic E-state index is -0.926. The lowest BCUT2D eigenvalue weighted by atomic mass is 9.99. The average molecular weight is 398 g/mol. The van der Waals surface area contributed by atoms with Gasteiger partial charge in [-0.25, -0.2) is 0 Å². The highest BCUT2D eigenvalue weighted by molar-refractivity contribution is 6.23. The molecule has 2 atom stereocenters. The first-order valence-electron chi connectivity index (χ1n) is 10.2. The molecule has 0 spiro atoms. The van der Waals surface area contributed by atoms with Crippen molar-refractivity contribution in [3.8, 4) is 0 Å². The smallest absolute Gasteiger partial charge is 0.262 e. The van der Waals surface area contributed by atoms with Gasteiger partial charge in [0, 0.05) is 19.5 Å². The second kappa shape index (κ2) is 8.04. The predicted molar refractivity (Wildman–Crippen MR) is 105 cm³/mol. The van der Waals surface area contributed by atoms with Crippen LogP contribution in [0, 0.1) is 5.92 Å². The van der Waals surface area contributed by atoms with Gasteiger partial charge in [0.15, 0.2) is 0 Å². The molecule has 3 heterocycles. The summed E-state index contributed by atoms with van der Waals surface area (Å²) in [5, 5.41) is 5.64. The first kappa shape index (κ1) is 19.7. The molecule has 8 nitrogen and oxygen atoms in total. The quantitative estimate of drug-likeness (QED) is 0.702. The number of hydrogen-bond acceptors (Lipinski definition) is 6.